The monoisotopic (exact) mass is 216 g/mol. The van der Waals surface area contributed by atoms with Crippen molar-refractivity contribution in [3.63, 3.8) is 0 Å². The Balaban J connectivity index is 2.17. The molecule has 0 fully saturated rings. The Labute approximate surface area is 92.9 Å². The predicted molar refractivity (Wildman–Crippen MR) is 61.8 cm³/mol. The van der Waals surface area contributed by atoms with Gasteiger partial charge in [0.2, 0.25) is 0 Å². The number of esters is 1. The normalized spacial score (nSPS) is 11.1. The number of nitrogens with zero attached hydrogens (tertiary/aromatic N) is 1. The first-order chi connectivity index (χ1) is 7.79. The predicted octanol–water partition coefficient (Wildman–Crippen LogP) is 2.14. The van der Waals surface area contributed by atoms with Gasteiger partial charge in [0, 0.05) is 11.5 Å². The van der Waals surface area contributed by atoms with Crippen molar-refractivity contribution >= 4 is 22.9 Å². The highest BCUT2D eigenvalue weighted by Gasteiger charge is 1.97. The van der Waals surface area contributed by atoms with E-state index in [-0.39, 0.29) is 5.97 Å². The number of fused-ring (bicyclic) bond motifs is 1. The molecular weight excluding hydrogens is 204 g/mol. The average molecular weight is 216 g/mol. The molecule has 0 radical (unpaired) electrons. The van der Waals surface area contributed by atoms with E-state index in [0.717, 1.165) is 16.5 Å². The van der Waals surface area contributed by atoms with Crippen LogP contribution in [0, 0.1) is 0 Å². The van der Waals surface area contributed by atoms with Crippen LogP contribution in [0.15, 0.2) is 30.5 Å². The number of H-pyrrole nitrogens is 1. The summed E-state index contributed by atoms with van der Waals surface area (Å²) >= 11 is 0. The van der Waals surface area contributed by atoms with Gasteiger partial charge in [-0.15, -0.1) is 0 Å². The third kappa shape index (κ3) is 2.28. The van der Waals surface area contributed by atoms with E-state index in [1.54, 1.807) is 19.2 Å². The summed E-state index contributed by atoms with van der Waals surface area (Å²) in [5.41, 5.74) is 1.93. The molecule has 0 spiro atoms. The SMILES string of the molecule is CCOC(=O)/C=C/c1ccc2[nH]ncc2c1. The Morgan fingerprint density at radius 3 is 3.25 bits per heavy atom. The molecule has 1 N–H and O–H groups in total. The Hall–Kier alpha value is -2.10. The summed E-state index contributed by atoms with van der Waals surface area (Å²) in [6, 6.07) is 5.79. The zero-order chi connectivity index (χ0) is 11.4. The van der Waals surface area contributed by atoms with E-state index >= 15 is 0 Å². The van der Waals surface area contributed by atoms with Crippen LogP contribution in [0.3, 0.4) is 0 Å². The fraction of sp³-hybridized carbons (Fsp3) is 0.167. The second-order valence-electron chi connectivity index (χ2n) is 3.30. The molecule has 2 aromatic rings. The van der Waals surface area contributed by atoms with Crippen LogP contribution in [0.5, 0.6) is 0 Å². The molecule has 2 rings (SSSR count). The fourth-order valence-corrected chi connectivity index (χ4v) is 1.42. The summed E-state index contributed by atoms with van der Waals surface area (Å²) < 4.78 is 4.79. The van der Waals surface area contributed by atoms with E-state index in [2.05, 4.69) is 10.2 Å². The lowest BCUT2D eigenvalue weighted by atomic mass is 10.1. The minimum Gasteiger partial charge on any atom is -0.463 e. The molecule has 4 nitrogen and oxygen atoms in total. The van der Waals surface area contributed by atoms with Crippen LogP contribution in [0.4, 0.5) is 0 Å². The minimum atomic E-state index is -0.324. The zero-order valence-electron chi connectivity index (χ0n) is 8.93. The smallest absolute Gasteiger partial charge is 0.330 e. The third-order valence-corrected chi connectivity index (χ3v) is 2.16. The fourth-order valence-electron chi connectivity index (χ4n) is 1.42. The maximum atomic E-state index is 11.1. The average Bonchev–Trinajstić information content (AvgIpc) is 2.74. The number of carbonyl (C=O) groups is 1. The molecule has 1 heterocycles. The molecule has 0 saturated carbocycles. The number of aromatic nitrogens is 2. The van der Waals surface area contributed by atoms with Crippen LogP contribution >= 0.6 is 0 Å². The molecule has 82 valence electrons. The minimum absolute atomic E-state index is 0.324. The van der Waals surface area contributed by atoms with E-state index < -0.39 is 0 Å². The zero-order valence-corrected chi connectivity index (χ0v) is 8.93. The third-order valence-electron chi connectivity index (χ3n) is 2.16. The van der Waals surface area contributed by atoms with Crippen LogP contribution < -0.4 is 0 Å². The number of hydrogen-bond donors (Lipinski definition) is 1. The molecule has 16 heavy (non-hydrogen) atoms. The first-order valence-corrected chi connectivity index (χ1v) is 5.07. The van der Waals surface area contributed by atoms with Gasteiger partial charge in [0.05, 0.1) is 18.3 Å². The molecule has 1 aromatic carbocycles. The van der Waals surface area contributed by atoms with Gasteiger partial charge >= 0.3 is 5.97 Å². The van der Waals surface area contributed by atoms with Crippen molar-refractivity contribution in [1.29, 1.82) is 0 Å². The lowest BCUT2D eigenvalue weighted by molar-refractivity contribution is -0.137. The second-order valence-corrected chi connectivity index (χ2v) is 3.30. The number of aromatic amines is 1. The highest BCUT2D eigenvalue weighted by atomic mass is 16.5. The van der Waals surface area contributed by atoms with Gasteiger partial charge < -0.3 is 4.74 Å². The molecule has 0 saturated heterocycles. The van der Waals surface area contributed by atoms with E-state index in [1.807, 2.05) is 18.2 Å². The maximum Gasteiger partial charge on any atom is 0.330 e. The molecular formula is C12H12N2O2. The molecule has 0 bridgehead atoms. The second kappa shape index (κ2) is 4.61. The van der Waals surface area contributed by atoms with Crippen LogP contribution in [-0.2, 0) is 9.53 Å². The molecule has 0 amide bonds. The largest absolute Gasteiger partial charge is 0.463 e. The summed E-state index contributed by atoms with van der Waals surface area (Å²) in [7, 11) is 0. The van der Waals surface area contributed by atoms with Crippen LogP contribution in [0.25, 0.3) is 17.0 Å². The van der Waals surface area contributed by atoms with Crippen molar-refractivity contribution in [2.24, 2.45) is 0 Å². The van der Waals surface area contributed by atoms with Gasteiger partial charge in [0.15, 0.2) is 0 Å². The topological polar surface area (TPSA) is 55.0 Å². The first-order valence-electron chi connectivity index (χ1n) is 5.07. The maximum absolute atomic E-state index is 11.1. The van der Waals surface area contributed by atoms with E-state index in [4.69, 9.17) is 4.74 Å². The Bertz CT molecular complexity index is 529. The summed E-state index contributed by atoms with van der Waals surface area (Å²) in [6.45, 7) is 2.17. The number of rotatable bonds is 3. The van der Waals surface area contributed by atoms with Crippen LogP contribution in [0.2, 0.25) is 0 Å². The number of ether oxygens (including phenoxy) is 1. The summed E-state index contributed by atoms with van der Waals surface area (Å²) in [6.07, 6.45) is 4.90. The van der Waals surface area contributed by atoms with Crippen LogP contribution in [-0.4, -0.2) is 22.8 Å². The van der Waals surface area contributed by atoms with Crippen molar-refractivity contribution in [1.82, 2.24) is 10.2 Å². The number of hydrogen-bond acceptors (Lipinski definition) is 3. The van der Waals surface area contributed by atoms with Crippen molar-refractivity contribution in [2.75, 3.05) is 6.61 Å². The lowest BCUT2D eigenvalue weighted by Gasteiger charge is -1.95. The van der Waals surface area contributed by atoms with Gasteiger partial charge in [0.1, 0.15) is 0 Å². The van der Waals surface area contributed by atoms with Gasteiger partial charge in [0.25, 0.3) is 0 Å². The van der Waals surface area contributed by atoms with Gasteiger partial charge in [-0.3, -0.25) is 5.10 Å². The lowest BCUT2D eigenvalue weighted by Crippen LogP contribution is -1.98. The Morgan fingerprint density at radius 2 is 2.44 bits per heavy atom. The van der Waals surface area contributed by atoms with Gasteiger partial charge in [-0.2, -0.15) is 5.10 Å². The highest BCUT2D eigenvalue weighted by molar-refractivity contribution is 5.88. The number of carbonyl (C=O) groups excluding carboxylic acids is 1. The molecule has 0 atom stereocenters. The van der Waals surface area contributed by atoms with E-state index in [1.165, 1.54) is 6.08 Å². The van der Waals surface area contributed by atoms with E-state index in [0.29, 0.717) is 6.61 Å². The summed E-state index contributed by atoms with van der Waals surface area (Å²) in [4.78, 5) is 11.1. The van der Waals surface area contributed by atoms with Gasteiger partial charge in [-0.25, -0.2) is 4.79 Å². The summed E-state index contributed by atoms with van der Waals surface area (Å²) in [5.74, 6) is -0.324. The summed E-state index contributed by atoms with van der Waals surface area (Å²) in [5, 5.41) is 7.81. The van der Waals surface area contributed by atoms with E-state index in [9.17, 15) is 4.79 Å². The van der Waals surface area contributed by atoms with Crippen molar-refractivity contribution in [2.45, 2.75) is 6.92 Å². The van der Waals surface area contributed by atoms with Gasteiger partial charge in [-0.05, 0) is 30.7 Å². The first kappa shape index (κ1) is 10.4. The number of nitrogens with one attached hydrogen (secondary N) is 1. The number of benzene rings is 1. The molecule has 4 heteroatoms. The molecule has 0 aliphatic carbocycles. The Morgan fingerprint density at radius 1 is 1.56 bits per heavy atom. The van der Waals surface area contributed by atoms with Gasteiger partial charge in [-0.1, -0.05) is 6.07 Å². The molecule has 0 aliphatic heterocycles. The molecule has 0 unspecified atom stereocenters. The quantitative estimate of drug-likeness (QED) is 0.631. The molecule has 0 aliphatic rings. The van der Waals surface area contributed by atoms with Crippen molar-refractivity contribution in [3.8, 4) is 0 Å². The van der Waals surface area contributed by atoms with Crippen molar-refractivity contribution < 1.29 is 9.53 Å². The van der Waals surface area contributed by atoms with Crippen molar-refractivity contribution in [3.05, 3.63) is 36.0 Å². The molecule has 1 aromatic heterocycles. The Kier molecular flexibility index (Phi) is 3.00. The standard InChI is InChI=1S/C12H12N2O2/c1-2-16-12(15)6-4-9-3-5-11-10(7-9)8-13-14-11/h3-8H,2H2,1H3,(H,13,14)/b6-4+. The van der Waals surface area contributed by atoms with Crippen LogP contribution in [0.1, 0.15) is 12.5 Å². The highest BCUT2D eigenvalue weighted by Crippen LogP contribution is 2.13.